The molecule has 18 heavy (non-hydrogen) atoms. The first kappa shape index (κ1) is 12.7. The molecule has 1 aliphatic heterocycles. The molecular formula is C15H18O3. The number of fused-ring (bicyclic) bond motifs is 1. The lowest BCUT2D eigenvalue weighted by molar-refractivity contribution is 0.174. The molecule has 0 bridgehead atoms. The van der Waals surface area contributed by atoms with Gasteiger partial charge in [0.05, 0.1) is 6.10 Å². The maximum atomic E-state index is 9.85. The van der Waals surface area contributed by atoms with Crippen molar-refractivity contribution in [3.63, 3.8) is 0 Å². The Kier molecular flexibility index (Phi) is 3.72. The summed E-state index contributed by atoms with van der Waals surface area (Å²) in [4.78, 5) is 0. The normalized spacial score (nSPS) is 15.6. The van der Waals surface area contributed by atoms with Crippen LogP contribution in [0, 0.1) is 0 Å². The van der Waals surface area contributed by atoms with Crippen LogP contribution < -0.4 is 9.47 Å². The summed E-state index contributed by atoms with van der Waals surface area (Å²) in [5, 5.41) is 9.85. The Hall–Kier alpha value is -1.74. The molecule has 2 rings (SSSR count). The van der Waals surface area contributed by atoms with Crippen molar-refractivity contribution >= 4 is 5.57 Å². The van der Waals surface area contributed by atoms with Crippen molar-refractivity contribution in [2.24, 2.45) is 0 Å². The lowest BCUT2D eigenvalue weighted by Gasteiger charge is -2.08. The Labute approximate surface area is 107 Å². The molecule has 3 nitrogen and oxygen atoms in total. The molecule has 0 aliphatic carbocycles. The summed E-state index contributed by atoms with van der Waals surface area (Å²) in [5.41, 5.74) is 3.01. The lowest BCUT2D eigenvalue weighted by Crippen LogP contribution is -2.03. The van der Waals surface area contributed by atoms with Gasteiger partial charge in [0, 0.05) is 0 Å². The molecule has 0 amide bonds. The Morgan fingerprint density at radius 3 is 2.83 bits per heavy atom. The minimum Gasteiger partial charge on any atom is -0.454 e. The van der Waals surface area contributed by atoms with E-state index in [9.17, 15) is 5.11 Å². The minimum absolute atomic E-state index is 0.278. The maximum Gasteiger partial charge on any atom is 0.231 e. The molecule has 0 spiro atoms. The van der Waals surface area contributed by atoms with Crippen LogP contribution in [0.25, 0.3) is 5.57 Å². The van der Waals surface area contributed by atoms with Gasteiger partial charge in [0.25, 0.3) is 0 Å². The first-order chi connectivity index (χ1) is 8.56. The van der Waals surface area contributed by atoms with Gasteiger partial charge in [0.15, 0.2) is 11.5 Å². The highest BCUT2D eigenvalue weighted by Crippen LogP contribution is 2.34. The summed E-state index contributed by atoms with van der Waals surface area (Å²) < 4.78 is 10.6. The summed E-state index contributed by atoms with van der Waals surface area (Å²) in [6.07, 6.45) is 1.93. The van der Waals surface area contributed by atoms with Crippen molar-refractivity contribution in [3.8, 4) is 11.5 Å². The van der Waals surface area contributed by atoms with Crippen LogP contribution >= 0.6 is 0 Å². The molecule has 0 saturated heterocycles. The molecule has 1 aliphatic rings. The van der Waals surface area contributed by atoms with Gasteiger partial charge in [0.1, 0.15) is 0 Å². The van der Waals surface area contributed by atoms with Gasteiger partial charge in [-0.25, -0.2) is 0 Å². The van der Waals surface area contributed by atoms with Crippen LogP contribution in [-0.4, -0.2) is 18.0 Å². The number of aliphatic hydroxyl groups excluding tert-OH is 1. The van der Waals surface area contributed by atoms with Gasteiger partial charge in [-0.15, -0.1) is 6.58 Å². The fraction of sp³-hybridized carbons (Fsp3) is 0.333. The van der Waals surface area contributed by atoms with Crippen LogP contribution in [0.15, 0.2) is 36.4 Å². The van der Waals surface area contributed by atoms with Crippen molar-refractivity contribution in [2.45, 2.75) is 26.4 Å². The van der Waals surface area contributed by atoms with Crippen molar-refractivity contribution in [1.82, 2.24) is 0 Å². The summed E-state index contributed by atoms with van der Waals surface area (Å²) in [6, 6.07) is 5.79. The molecule has 1 heterocycles. The van der Waals surface area contributed by atoms with Crippen LogP contribution in [0.3, 0.4) is 0 Å². The first-order valence-corrected chi connectivity index (χ1v) is 5.97. The third-order valence-electron chi connectivity index (χ3n) is 2.83. The second-order valence-corrected chi connectivity index (χ2v) is 4.65. The monoisotopic (exact) mass is 246 g/mol. The predicted octanol–water partition coefficient (Wildman–Crippen LogP) is 3.15. The second kappa shape index (κ2) is 5.27. The van der Waals surface area contributed by atoms with Gasteiger partial charge in [0.2, 0.25) is 6.79 Å². The van der Waals surface area contributed by atoms with Crippen LogP contribution in [0.5, 0.6) is 11.5 Å². The summed E-state index contributed by atoms with van der Waals surface area (Å²) in [6.45, 7) is 7.96. The topological polar surface area (TPSA) is 38.7 Å². The largest absolute Gasteiger partial charge is 0.454 e. The number of benzene rings is 1. The molecule has 1 aromatic carbocycles. The Balaban J connectivity index is 2.15. The van der Waals surface area contributed by atoms with E-state index in [-0.39, 0.29) is 6.79 Å². The quantitative estimate of drug-likeness (QED) is 0.829. The Morgan fingerprint density at radius 2 is 2.11 bits per heavy atom. The maximum absolute atomic E-state index is 9.85. The van der Waals surface area contributed by atoms with Crippen molar-refractivity contribution in [1.29, 1.82) is 0 Å². The van der Waals surface area contributed by atoms with Gasteiger partial charge < -0.3 is 14.6 Å². The predicted molar refractivity (Wildman–Crippen MR) is 71.7 cm³/mol. The molecule has 1 N–H and O–H groups in total. The summed E-state index contributed by atoms with van der Waals surface area (Å²) in [7, 11) is 0. The summed E-state index contributed by atoms with van der Waals surface area (Å²) >= 11 is 0. The fourth-order valence-electron chi connectivity index (χ4n) is 1.94. The molecule has 1 atom stereocenters. The molecule has 3 heteroatoms. The molecule has 0 aromatic heterocycles. The van der Waals surface area contributed by atoms with Gasteiger partial charge >= 0.3 is 0 Å². The fourth-order valence-corrected chi connectivity index (χ4v) is 1.94. The highest BCUT2D eigenvalue weighted by Gasteiger charge is 2.13. The van der Waals surface area contributed by atoms with Crippen LogP contribution in [0.2, 0.25) is 0 Å². The zero-order valence-electron chi connectivity index (χ0n) is 10.8. The Bertz CT molecular complexity index is 489. The van der Waals surface area contributed by atoms with Crippen molar-refractivity contribution in [3.05, 3.63) is 42.0 Å². The van der Waals surface area contributed by atoms with Gasteiger partial charge in [-0.2, -0.15) is 0 Å². The molecule has 0 fully saturated rings. The SMILES string of the molecule is C=C(C)C[C@@H](O)/C=C(\C)c1ccc2c(c1)OCO2. The average Bonchev–Trinajstić information content (AvgIpc) is 2.74. The number of ether oxygens (including phenoxy) is 2. The zero-order chi connectivity index (χ0) is 13.1. The molecule has 0 radical (unpaired) electrons. The summed E-state index contributed by atoms with van der Waals surface area (Å²) in [5.74, 6) is 1.53. The number of allylic oxidation sites excluding steroid dienone is 1. The second-order valence-electron chi connectivity index (χ2n) is 4.65. The van der Waals surface area contributed by atoms with E-state index in [0.29, 0.717) is 6.42 Å². The smallest absolute Gasteiger partial charge is 0.231 e. The third-order valence-corrected chi connectivity index (χ3v) is 2.83. The van der Waals surface area contributed by atoms with E-state index < -0.39 is 6.10 Å². The van der Waals surface area contributed by atoms with E-state index in [1.807, 2.05) is 38.1 Å². The number of aliphatic hydroxyl groups is 1. The zero-order valence-corrected chi connectivity index (χ0v) is 10.8. The van der Waals surface area contributed by atoms with E-state index in [1.54, 1.807) is 0 Å². The van der Waals surface area contributed by atoms with Crippen molar-refractivity contribution in [2.75, 3.05) is 6.79 Å². The van der Waals surface area contributed by atoms with Crippen molar-refractivity contribution < 1.29 is 14.6 Å². The highest BCUT2D eigenvalue weighted by molar-refractivity contribution is 5.67. The van der Waals surface area contributed by atoms with E-state index >= 15 is 0 Å². The number of hydrogen-bond acceptors (Lipinski definition) is 3. The first-order valence-electron chi connectivity index (χ1n) is 5.97. The highest BCUT2D eigenvalue weighted by atomic mass is 16.7. The van der Waals surface area contributed by atoms with E-state index in [0.717, 1.165) is 28.2 Å². The number of rotatable bonds is 4. The average molecular weight is 246 g/mol. The van der Waals surface area contributed by atoms with Gasteiger partial charge in [-0.1, -0.05) is 17.7 Å². The van der Waals surface area contributed by atoms with E-state index in [4.69, 9.17) is 9.47 Å². The van der Waals surface area contributed by atoms with Crippen LogP contribution in [0.1, 0.15) is 25.8 Å². The van der Waals surface area contributed by atoms with E-state index in [2.05, 4.69) is 6.58 Å². The lowest BCUT2D eigenvalue weighted by atomic mass is 10.0. The standard InChI is InChI=1S/C15H18O3/c1-10(2)6-13(16)7-11(3)12-4-5-14-15(8-12)18-9-17-14/h4-5,7-8,13,16H,1,6,9H2,2-3H3/b11-7+/t13-/m1/s1. The van der Waals surface area contributed by atoms with Gasteiger partial charge in [-0.05, 0) is 43.5 Å². The van der Waals surface area contributed by atoms with Crippen LogP contribution in [0.4, 0.5) is 0 Å². The molecule has 0 unspecified atom stereocenters. The Morgan fingerprint density at radius 1 is 1.39 bits per heavy atom. The third kappa shape index (κ3) is 2.93. The minimum atomic E-state index is -0.493. The van der Waals surface area contributed by atoms with E-state index in [1.165, 1.54) is 0 Å². The van der Waals surface area contributed by atoms with Crippen LogP contribution in [-0.2, 0) is 0 Å². The molecule has 1 aromatic rings. The number of hydrogen-bond donors (Lipinski definition) is 1. The molecule has 0 saturated carbocycles. The molecule has 96 valence electrons. The van der Waals surface area contributed by atoms with Gasteiger partial charge in [-0.3, -0.25) is 0 Å². The molecular weight excluding hydrogens is 228 g/mol.